The number of amides is 2. The molecule has 0 saturated carbocycles. The van der Waals surface area contributed by atoms with Crippen LogP contribution in [-0.2, 0) is 6.54 Å². The molecule has 0 aromatic heterocycles. The van der Waals surface area contributed by atoms with Crippen LogP contribution in [-0.4, -0.2) is 36.6 Å². The molecule has 2 amide bonds. The molecular formula is C15H24N4O. The van der Waals surface area contributed by atoms with Gasteiger partial charge in [0.25, 0.3) is 0 Å². The number of benzene rings is 1. The Labute approximate surface area is 120 Å². The van der Waals surface area contributed by atoms with Crippen LogP contribution in [0, 0.1) is 0 Å². The fourth-order valence-corrected chi connectivity index (χ4v) is 2.70. The minimum atomic E-state index is -0.151. The van der Waals surface area contributed by atoms with Gasteiger partial charge >= 0.3 is 6.03 Å². The zero-order valence-corrected chi connectivity index (χ0v) is 12.1. The van der Waals surface area contributed by atoms with E-state index in [0.717, 1.165) is 30.8 Å². The number of nitrogens with one attached hydrogen (secondary N) is 2. The lowest BCUT2D eigenvalue weighted by molar-refractivity contribution is 0.238. The van der Waals surface area contributed by atoms with E-state index in [0.29, 0.717) is 19.1 Å². The molecule has 0 radical (unpaired) electrons. The van der Waals surface area contributed by atoms with Gasteiger partial charge in [-0.25, -0.2) is 4.79 Å². The van der Waals surface area contributed by atoms with Crippen LogP contribution in [0.5, 0.6) is 0 Å². The van der Waals surface area contributed by atoms with E-state index >= 15 is 0 Å². The Balaban J connectivity index is 1.80. The van der Waals surface area contributed by atoms with Crippen LogP contribution in [0.1, 0.15) is 25.3 Å². The summed E-state index contributed by atoms with van der Waals surface area (Å²) >= 11 is 0. The maximum atomic E-state index is 11.9. The van der Waals surface area contributed by atoms with E-state index in [2.05, 4.69) is 22.5 Å². The van der Waals surface area contributed by atoms with Gasteiger partial charge in [-0.1, -0.05) is 19.1 Å². The predicted octanol–water partition coefficient (Wildman–Crippen LogP) is 1.75. The largest absolute Gasteiger partial charge is 0.336 e. The lowest BCUT2D eigenvalue weighted by Gasteiger charge is -2.22. The number of hydrogen-bond acceptors (Lipinski definition) is 3. The Morgan fingerprint density at radius 2 is 2.35 bits per heavy atom. The van der Waals surface area contributed by atoms with Gasteiger partial charge in [-0.15, -0.1) is 0 Å². The molecule has 1 fully saturated rings. The van der Waals surface area contributed by atoms with Crippen molar-refractivity contribution < 1.29 is 4.79 Å². The Bertz CT molecular complexity index is 449. The molecule has 2 rings (SSSR count). The van der Waals surface area contributed by atoms with Gasteiger partial charge < -0.3 is 16.4 Å². The van der Waals surface area contributed by atoms with Gasteiger partial charge in [0.05, 0.1) is 0 Å². The summed E-state index contributed by atoms with van der Waals surface area (Å²) in [6.07, 6.45) is 2.39. The summed E-state index contributed by atoms with van der Waals surface area (Å²) in [4.78, 5) is 14.3. The molecule has 1 unspecified atom stereocenters. The first-order valence-electron chi connectivity index (χ1n) is 7.31. The monoisotopic (exact) mass is 276 g/mol. The highest BCUT2D eigenvalue weighted by atomic mass is 16.2. The number of likely N-dealkylation sites (tertiary alicyclic amines) is 1. The Morgan fingerprint density at radius 1 is 1.50 bits per heavy atom. The topological polar surface area (TPSA) is 70.4 Å². The smallest absolute Gasteiger partial charge is 0.319 e. The van der Waals surface area contributed by atoms with Crippen LogP contribution in [0.25, 0.3) is 0 Å². The van der Waals surface area contributed by atoms with E-state index in [1.807, 2.05) is 24.3 Å². The first-order valence-corrected chi connectivity index (χ1v) is 7.31. The fourth-order valence-electron chi connectivity index (χ4n) is 2.70. The Morgan fingerprint density at radius 3 is 3.10 bits per heavy atom. The van der Waals surface area contributed by atoms with Crippen molar-refractivity contribution in [3.63, 3.8) is 0 Å². The van der Waals surface area contributed by atoms with Crippen LogP contribution in [0.3, 0.4) is 0 Å². The zero-order chi connectivity index (χ0) is 14.4. The number of nitrogens with two attached hydrogens (primary N) is 1. The first kappa shape index (κ1) is 14.8. The van der Waals surface area contributed by atoms with E-state index in [4.69, 9.17) is 5.73 Å². The second-order valence-corrected chi connectivity index (χ2v) is 5.16. The van der Waals surface area contributed by atoms with E-state index in [9.17, 15) is 4.79 Å². The molecule has 1 saturated heterocycles. The third-order valence-corrected chi connectivity index (χ3v) is 3.82. The van der Waals surface area contributed by atoms with E-state index < -0.39 is 0 Å². The van der Waals surface area contributed by atoms with Crippen molar-refractivity contribution in [2.24, 2.45) is 5.73 Å². The molecule has 110 valence electrons. The third kappa shape index (κ3) is 3.95. The lowest BCUT2D eigenvalue weighted by atomic mass is 10.2. The third-order valence-electron chi connectivity index (χ3n) is 3.82. The maximum absolute atomic E-state index is 11.9. The molecule has 1 aromatic rings. The van der Waals surface area contributed by atoms with Crippen molar-refractivity contribution >= 4 is 11.7 Å². The number of rotatable bonds is 5. The van der Waals surface area contributed by atoms with E-state index in [1.165, 1.54) is 6.42 Å². The average molecular weight is 276 g/mol. The molecule has 0 spiro atoms. The molecule has 0 aliphatic carbocycles. The Kier molecular flexibility index (Phi) is 5.38. The Hall–Kier alpha value is -1.59. The van der Waals surface area contributed by atoms with Crippen LogP contribution < -0.4 is 16.4 Å². The highest BCUT2D eigenvalue weighted by Crippen LogP contribution is 2.15. The van der Waals surface area contributed by atoms with Gasteiger partial charge in [-0.2, -0.15) is 0 Å². The summed E-state index contributed by atoms with van der Waals surface area (Å²) in [6.45, 7) is 5.53. The maximum Gasteiger partial charge on any atom is 0.319 e. The van der Waals surface area contributed by atoms with E-state index in [1.54, 1.807) is 0 Å². The number of hydrogen-bond donors (Lipinski definition) is 3. The van der Waals surface area contributed by atoms with Crippen LogP contribution in [0.2, 0.25) is 0 Å². The fraction of sp³-hybridized carbons (Fsp3) is 0.533. The van der Waals surface area contributed by atoms with Crippen LogP contribution in [0.4, 0.5) is 10.5 Å². The summed E-state index contributed by atoms with van der Waals surface area (Å²) in [5.41, 5.74) is 7.38. The highest BCUT2D eigenvalue weighted by Gasteiger charge is 2.22. The summed E-state index contributed by atoms with van der Waals surface area (Å²) in [7, 11) is 0. The molecule has 1 aromatic carbocycles. The first-order chi connectivity index (χ1) is 9.72. The molecule has 1 heterocycles. The summed E-state index contributed by atoms with van der Waals surface area (Å²) < 4.78 is 0. The summed E-state index contributed by atoms with van der Waals surface area (Å²) in [5.74, 6) is 0. The molecule has 0 bridgehead atoms. The number of anilines is 1. The molecule has 1 aliphatic heterocycles. The zero-order valence-electron chi connectivity index (χ0n) is 12.1. The number of carbonyl (C=O) groups excluding carboxylic acids is 1. The molecule has 1 aliphatic rings. The molecule has 4 N–H and O–H groups in total. The van der Waals surface area contributed by atoms with Crippen molar-refractivity contribution in [3.8, 4) is 0 Å². The standard InChI is InChI=1S/C15H24N4O/c1-2-19-8-4-7-14(19)11-17-15(20)18-13-6-3-5-12(9-13)10-16/h3,5-6,9,14H,2,4,7-8,10-11,16H2,1H3,(H2,17,18,20). The number of likely N-dealkylation sites (N-methyl/N-ethyl adjacent to an activating group) is 1. The lowest BCUT2D eigenvalue weighted by Crippen LogP contribution is -2.41. The molecule has 5 nitrogen and oxygen atoms in total. The minimum absolute atomic E-state index is 0.151. The van der Waals surface area contributed by atoms with Crippen LogP contribution in [0.15, 0.2) is 24.3 Å². The van der Waals surface area contributed by atoms with Crippen molar-refractivity contribution in [3.05, 3.63) is 29.8 Å². The van der Waals surface area contributed by atoms with Gasteiger partial charge in [0.2, 0.25) is 0 Å². The van der Waals surface area contributed by atoms with Gasteiger partial charge in [0.15, 0.2) is 0 Å². The molecular weight excluding hydrogens is 252 g/mol. The predicted molar refractivity (Wildman–Crippen MR) is 81.6 cm³/mol. The summed E-state index contributed by atoms with van der Waals surface area (Å²) in [5, 5.41) is 5.80. The highest BCUT2D eigenvalue weighted by molar-refractivity contribution is 5.89. The van der Waals surface area contributed by atoms with Crippen molar-refractivity contribution in [2.45, 2.75) is 32.4 Å². The van der Waals surface area contributed by atoms with Gasteiger partial charge in [0.1, 0.15) is 0 Å². The van der Waals surface area contributed by atoms with Crippen molar-refractivity contribution in [1.29, 1.82) is 0 Å². The van der Waals surface area contributed by atoms with Crippen molar-refractivity contribution in [2.75, 3.05) is 25.0 Å². The molecule has 20 heavy (non-hydrogen) atoms. The summed E-state index contributed by atoms with van der Waals surface area (Å²) in [6, 6.07) is 7.93. The number of nitrogens with zero attached hydrogens (tertiary/aromatic N) is 1. The van der Waals surface area contributed by atoms with Gasteiger partial charge in [-0.05, 0) is 43.6 Å². The van der Waals surface area contributed by atoms with E-state index in [-0.39, 0.29) is 6.03 Å². The van der Waals surface area contributed by atoms with Crippen molar-refractivity contribution in [1.82, 2.24) is 10.2 Å². The normalized spacial score (nSPS) is 19.0. The second-order valence-electron chi connectivity index (χ2n) is 5.16. The van der Waals surface area contributed by atoms with Gasteiger partial charge in [0, 0.05) is 24.8 Å². The number of carbonyl (C=O) groups is 1. The van der Waals surface area contributed by atoms with Gasteiger partial charge in [-0.3, -0.25) is 4.90 Å². The molecule has 5 heteroatoms. The average Bonchev–Trinajstić information content (AvgIpc) is 2.93. The van der Waals surface area contributed by atoms with Crippen LogP contribution >= 0.6 is 0 Å². The number of urea groups is 1. The molecule has 1 atom stereocenters. The quantitative estimate of drug-likeness (QED) is 0.767. The minimum Gasteiger partial charge on any atom is -0.336 e. The SMILES string of the molecule is CCN1CCCC1CNC(=O)Nc1cccc(CN)c1. The second kappa shape index (κ2) is 7.26.